The Morgan fingerprint density at radius 1 is 1.47 bits per heavy atom. The van der Waals surface area contributed by atoms with Crippen LogP contribution in [0.25, 0.3) is 0 Å². The first-order valence-electron chi connectivity index (χ1n) is 5.00. The van der Waals surface area contributed by atoms with Gasteiger partial charge in [-0.25, -0.2) is 18.4 Å². The van der Waals surface area contributed by atoms with E-state index in [1.54, 1.807) is 16.7 Å². The van der Waals surface area contributed by atoms with Crippen LogP contribution in [-0.2, 0) is 9.84 Å². The highest BCUT2D eigenvalue weighted by Gasteiger charge is 2.33. The standard InChI is InChI=1S/C9H12ClN3O2S2/c1-17(14,15)7-6-16-5-4-13(7)9-8(10)11-2-3-12-9/h2-3,7H,4-6H2,1H3. The van der Waals surface area contributed by atoms with E-state index in [0.29, 0.717) is 18.1 Å². The first-order valence-corrected chi connectivity index (χ1v) is 8.48. The molecule has 2 rings (SSSR count). The third-order valence-corrected chi connectivity index (χ3v) is 5.40. The Bertz CT molecular complexity index is 509. The van der Waals surface area contributed by atoms with Gasteiger partial charge in [-0.2, -0.15) is 11.8 Å². The molecule has 1 aromatic rings. The van der Waals surface area contributed by atoms with Gasteiger partial charge in [0.15, 0.2) is 20.8 Å². The fourth-order valence-electron chi connectivity index (χ4n) is 1.68. The smallest absolute Gasteiger partial charge is 0.171 e. The number of hydrogen-bond acceptors (Lipinski definition) is 6. The van der Waals surface area contributed by atoms with Gasteiger partial charge in [0.05, 0.1) is 0 Å². The van der Waals surface area contributed by atoms with Gasteiger partial charge in [-0.3, -0.25) is 0 Å². The van der Waals surface area contributed by atoms with Crippen LogP contribution in [-0.4, -0.2) is 48.1 Å². The number of thioether (sulfide) groups is 1. The second-order valence-electron chi connectivity index (χ2n) is 3.72. The van der Waals surface area contributed by atoms with E-state index >= 15 is 0 Å². The molecule has 5 nitrogen and oxygen atoms in total. The topological polar surface area (TPSA) is 63.2 Å². The van der Waals surface area contributed by atoms with E-state index in [-0.39, 0.29) is 5.15 Å². The number of halogens is 1. The van der Waals surface area contributed by atoms with Gasteiger partial charge < -0.3 is 4.90 Å². The normalized spacial score (nSPS) is 21.5. The molecule has 1 aromatic heterocycles. The molecule has 1 unspecified atom stereocenters. The van der Waals surface area contributed by atoms with Crippen LogP contribution < -0.4 is 4.90 Å². The number of nitrogens with zero attached hydrogens (tertiary/aromatic N) is 3. The molecule has 94 valence electrons. The van der Waals surface area contributed by atoms with E-state index in [2.05, 4.69) is 9.97 Å². The van der Waals surface area contributed by atoms with Crippen LogP contribution in [0.4, 0.5) is 5.82 Å². The van der Waals surface area contributed by atoms with Crippen LogP contribution >= 0.6 is 23.4 Å². The lowest BCUT2D eigenvalue weighted by atomic mass is 10.4. The van der Waals surface area contributed by atoms with E-state index < -0.39 is 15.2 Å². The highest BCUT2D eigenvalue weighted by molar-refractivity contribution is 8.01. The van der Waals surface area contributed by atoms with E-state index in [4.69, 9.17) is 11.6 Å². The Kier molecular flexibility index (Phi) is 3.79. The second kappa shape index (κ2) is 4.99. The summed E-state index contributed by atoms with van der Waals surface area (Å²) in [5, 5.41) is -0.330. The fourth-order valence-corrected chi connectivity index (χ4v) is 4.72. The average molecular weight is 294 g/mol. The largest absolute Gasteiger partial charge is 0.336 e. The maximum Gasteiger partial charge on any atom is 0.171 e. The van der Waals surface area contributed by atoms with Crippen molar-refractivity contribution in [3.63, 3.8) is 0 Å². The molecule has 0 spiro atoms. The molecule has 0 radical (unpaired) electrons. The van der Waals surface area contributed by atoms with Crippen molar-refractivity contribution in [2.45, 2.75) is 5.37 Å². The van der Waals surface area contributed by atoms with Gasteiger partial charge in [0.25, 0.3) is 0 Å². The monoisotopic (exact) mass is 293 g/mol. The lowest BCUT2D eigenvalue weighted by molar-refractivity contribution is 0.583. The molecular weight excluding hydrogens is 282 g/mol. The highest BCUT2D eigenvalue weighted by Crippen LogP contribution is 2.28. The number of sulfone groups is 1. The van der Waals surface area contributed by atoms with Gasteiger partial charge >= 0.3 is 0 Å². The van der Waals surface area contributed by atoms with E-state index in [9.17, 15) is 8.42 Å². The number of aromatic nitrogens is 2. The zero-order valence-electron chi connectivity index (χ0n) is 9.21. The molecule has 1 aliphatic heterocycles. The summed E-state index contributed by atoms with van der Waals surface area (Å²) in [5.74, 6) is 1.84. The molecular formula is C9H12ClN3O2S2. The molecule has 8 heteroatoms. The summed E-state index contributed by atoms with van der Waals surface area (Å²) < 4.78 is 23.5. The van der Waals surface area contributed by atoms with Gasteiger partial charge in [0.2, 0.25) is 0 Å². The van der Waals surface area contributed by atoms with Crippen molar-refractivity contribution < 1.29 is 8.42 Å². The molecule has 0 N–H and O–H groups in total. The van der Waals surface area contributed by atoms with Gasteiger partial charge in [-0.15, -0.1) is 0 Å². The van der Waals surface area contributed by atoms with Gasteiger partial charge in [0, 0.05) is 36.7 Å². The van der Waals surface area contributed by atoms with Crippen molar-refractivity contribution in [3.05, 3.63) is 17.5 Å². The first kappa shape index (κ1) is 12.9. The van der Waals surface area contributed by atoms with Crippen molar-refractivity contribution in [3.8, 4) is 0 Å². The minimum atomic E-state index is -3.16. The second-order valence-corrected chi connectivity index (χ2v) is 7.43. The van der Waals surface area contributed by atoms with E-state index in [1.807, 2.05) is 0 Å². The van der Waals surface area contributed by atoms with E-state index in [0.717, 1.165) is 5.75 Å². The van der Waals surface area contributed by atoms with Gasteiger partial charge in [-0.05, 0) is 0 Å². The summed E-state index contributed by atoms with van der Waals surface area (Å²) in [6.07, 6.45) is 4.24. The minimum absolute atomic E-state index is 0.244. The summed E-state index contributed by atoms with van der Waals surface area (Å²) in [5.41, 5.74) is 0. The Morgan fingerprint density at radius 3 is 2.82 bits per heavy atom. The third kappa shape index (κ3) is 2.83. The molecule has 0 bridgehead atoms. The molecule has 1 saturated heterocycles. The molecule has 0 aromatic carbocycles. The minimum Gasteiger partial charge on any atom is -0.336 e. The molecule has 0 amide bonds. The summed E-state index contributed by atoms with van der Waals surface area (Å²) in [6, 6.07) is 0. The molecule has 1 atom stereocenters. The van der Waals surface area contributed by atoms with Crippen molar-refractivity contribution >= 4 is 39.0 Å². The molecule has 0 aliphatic carbocycles. The van der Waals surface area contributed by atoms with E-state index in [1.165, 1.54) is 18.6 Å². The zero-order chi connectivity index (χ0) is 12.5. The predicted octanol–water partition coefficient (Wildman–Crippen LogP) is 1.05. The summed E-state index contributed by atoms with van der Waals surface area (Å²) in [6.45, 7) is 0.612. The molecule has 2 heterocycles. The van der Waals surface area contributed by atoms with Crippen molar-refractivity contribution in [1.29, 1.82) is 0 Å². The van der Waals surface area contributed by atoms with Crippen LogP contribution in [0.5, 0.6) is 0 Å². The van der Waals surface area contributed by atoms with Crippen molar-refractivity contribution in [2.75, 3.05) is 29.2 Å². The van der Waals surface area contributed by atoms with Gasteiger partial charge in [0.1, 0.15) is 5.37 Å². The van der Waals surface area contributed by atoms with Crippen molar-refractivity contribution in [2.24, 2.45) is 0 Å². The van der Waals surface area contributed by atoms with Gasteiger partial charge in [-0.1, -0.05) is 11.6 Å². The highest BCUT2D eigenvalue weighted by atomic mass is 35.5. The van der Waals surface area contributed by atoms with Crippen LogP contribution in [0.2, 0.25) is 5.15 Å². The Labute approximate surface area is 110 Å². The fraction of sp³-hybridized carbons (Fsp3) is 0.556. The Morgan fingerprint density at radius 2 is 2.18 bits per heavy atom. The quantitative estimate of drug-likeness (QED) is 0.812. The van der Waals surface area contributed by atoms with Crippen LogP contribution in [0, 0.1) is 0 Å². The number of rotatable bonds is 2. The van der Waals surface area contributed by atoms with Crippen LogP contribution in [0.3, 0.4) is 0 Å². The molecule has 17 heavy (non-hydrogen) atoms. The third-order valence-electron chi connectivity index (χ3n) is 2.49. The number of anilines is 1. The summed E-state index contributed by atoms with van der Waals surface area (Å²) in [7, 11) is -3.16. The lowest BCUT2D eigenvalue weighted by Crippen LogP contribution is -2.47. The van der Waals surface area contributed by atoms with Crippen molar-refractivity contribution in [1.82, 2.24) is 9.97 Å². The average Bonchev–Trinajstić information content (AvgIpc) is 2.28. The molecule has 1 aliphatic rings. The first-order chi connectivity index (χ1) is 8.00. The maximum absolute atomic E-state index is 11.7. The van der Waals surface area contributed by atoms with Crippen LogP contribution in [0.15, 0.2) is 12.4 Å². The summed E-state index contributed by atoms with van der Waals surface area (Å²) >= 11 is 7.58. The predicted molar refractivity (Wildman–Crippen MR) is 70.3 cm³/mol. The molecule has 0 saturated carbocycles. The summed E-state index contributed by atoms with van der Waals surface area (Å²) in [4.78, 5) is 9.78. The SMILES string of the molecule is CS(=O)(=O)C1CSCCN1c1nccnc1Cl. The Balaban J connectivity index is 2.38. The molecule has 1 fully saturated rings. The lowest BCUT2D eigenvalue weighted by Gasteiger charge is -2.34. The maximum atomic E-state index is 11.7. The Hall–Kier alpha value is -0.530. The van der Waals surface area contributed by atoms with Crippen LogP contribution in [0.1, 0.15) is 0 Å². The zero-order valence-corrected chi connectivity index (χ0v) is 11.6. The number of hydrogen-bond donors (Lipinski definition) is 0.